The van der Waals surface area contributed by atoms with E-state index in [9.17, 15) is 10.1 Å². The van der Waals surface area contributed by atoms with E-state index in [1.54, 1.807) is 6.33 Å². The lowest BCUT2D eigenvalue weighted by Gasteiger charge is -2.53. The first kappa shape index (κ1) is 25.3. The van der Waals surface area contributed by atoms with Gasteiger partial charge in [0, 0.05) is 55.6 Å². The van der Waals surface area contributed by atoms with Crippen molar-refractivity contribution in [3.63, 3.8) is 0 Å². The maximum atomic E-state index is 13.1. The fraction of sp³-hybridized carbons (Fsp3) is 0.433. The van der Waals surface area contributed by atoms with Crippen LogP contribution in [0, 0.1) is 32.1 Å². The zero-order chi connectivity index (χ0) is 27.1. The van der Waals surface area contributed by atoms with E-state index >= 15 is 0 Å². The van der Waals surface area contributed by atoms with Crippen LogP contribution in [-0.2, 0) is 16.8 Å². The Labute approximate surface area is 228 Å². The number of benzene rings is 1. The predicted molar refractivity (Wildman–Crippen MR) is 149 cm³/mol. The van der Waals surface area contributed by atoms with Crippen molar-refractivity contribution in [1.82, 2.24) is 34.5 Å². The summed E-state index contributed by atoms with van der Waals surface area (Å²) in [6.45, 7) is 9.42. The molecule has 0 atom stereocenters. The van der Waals surface area contributed by atoms with Crippen LogP contribution in [0.5, 0.6) is 0 Å². The van der Waals surface area contributed by atoms with Crippen LogP contribution < -0.4 is 0 Å². The van der Waals surface area contributed by atoms with Crippen LogP contribution in [0.2, 0.25) is 0 Å². The van der Waals surface area contributed by atoms with Crippen molar-refractivity contribution in [2.24, 2.45) is 0 Å². The van der Waals surface area contributed by atoms with E-state index in [2.05, 4.69) is 63.9 Å². The number of hydrogen-bond acceptors (Lipinski definition) is 6. The monoisotopic (exact) mass is 522 g/mol. The molecule has 4 aromatic rings. The molecule has 2 fully saturated rings. The highest BCUT2D eigenvalue weighted by Gasteiger charge is 2.48. The number of amides is 1. The van der Waals surface area contributed by atoms with Crippen LogP contribution in [0.1, 0.15) is 41.5 Å². The number of fused-ring (bicyclic) bond motifs is 1. The highest BCUT2D eigenvalue weighted by atomic mass is 16.2. The molecule has 0 saturated carbocycles. The minimum Gasteiger partial charge on any atom is -0.346 e. The summed E-state index contributed by atoms with van der Waals surface area (Å²) in [5.41, 5.74) is 7.01. The van der Waals surface area contributed by atoms with Crippen LogP contribution in [0.3, 0.4) is 0 Å². The molecular formula is C30H34N8O. The maximum Gasteiger partial charge on any atom is 0.227 e. The summed E-state index contributed by atoms with van der Waals surface area (Å²) in [4.78, 5) is 29.5. The van der Waals surface area contributed by atoms with E-state index < -0.39 is 0 Å². The van der Waals surface area contributed by atoms with Gasteiger partial charge in [-0.3, -0.25) is 14.4 Å². The Hall–Kier alpha value is -4.03. The quantitative estimate of drug-likeness (QED) is 0.412. The molecule has 0 bridgehead atoms. The lowest BCUT2D eigenvalue weighted by atomic mass is 9.83. The van der Waals surface area contributed by atoms with E-state index in [1.807, 2.05) is 34.2 Å². The number of nitriles is 1. The van der Waals surface area contributed by atoms with Gasteiger partial charge in [0.15, 0.2) is 0 Å². The smallest absolute Gasteiger partial charge is 0.227 e. The topological polar surface area (TPSA) is 107 Å². The molecule has 2 saturated heterocycles. The Morgan fingerprint density at radius 1 is 1.15 bits per heavy atom. The number of aromatic amines is 1. The van der Waals surface area contributed by atoms with E-state index in [1.165, 1.54) is 16.7 Å². The molecule has 3 aromatic heterocycles. The number of aryl methyl sites for hydroxylation is 3. The zero-order valence-corrected chi connectivity index (χ0v) is 22.8. The molecule has 9 nitrogen and oxygen atoms in total. The number of carbonyl (C=O) groups excluding carboxylic acids is 1. The van der Waals surface area contributed by atoms with E-state index in [4.69, 9.17) is 0 Å². The molecule has 6 rings (SSSR count). The third kappa shape index (κ3) is 4.59. The molecule has 0 aliphatic carbocycles. The molecule has 0 spiro atoms. The standard InChI is InChI=1S/C30H34N8O/c1-20-12-21(2)26(22(3)13-20)14-27(39)36-10-5-24(6-11-36)37-17-30(18-37,7-8-31)38-16-23(15-35-38)28-25-4-9-32-29(25)34-19-33-28/h4,9,12-13,15-16,19,24H,5-7,10-11,14,17-18H2,1-3H3,(H,32,33,34). The summed E-state index contributed by atoms with van der Waals surface area (Å²) >= 11 is 0. The van der Waals surface area contributed by atoms with Crippen molar-refractivity contribution in [3.8, 4) is 17.3 Å². The first-order valence-corrected chi connectivity index (χ1v) is 13.7. The minimum atomic E-state index is -0.343. The van der Waals surface area contributed by atoms with Crippen molar-refractivity contribution >= 4 is 16.9 Å². The SMILES string of the molecule is Cc1cc(C)c(CC(=O)N2CCC(N3CC(CC#N)(n4cc(-c5ncnc6[nH]ccc56)cn4)C3)CC2)c(C)c1. The Balaban J connectivity index is 1.09. The zero-order valence-electron chi connectivity index (χ0n) is 22.8. The third-order valence-corrected chi connectivity index (χ3v) is 8.60. The summed E-state index contributed by atoms with van der Waals surface area (Å²) in [7, 11) is 0. The van der Waals surface area contributed by atoms with Gasteiger partial charge in [-0.15, -0.1) is 0 Å². The molecular weight excluding hydrogens is 488 g/mol. The molecule has 39 heavy (non-hydrogen) atoms. The molecule has 0 radical (unpaired) electrons. The molecule has 2 aliphatic heterocycles. The number of nitrogens with one attached hydrogen (secondary N) is 1. The van der Waals surface area contributed by atoms with Gasteiger partial charge in [0.05, 0.1) is 30.8 Å². The number of carbonyl (C=O) groups is 1. The predicted octanol–water partition coefficient (Wildman–Crippen LogP) is 3.90. The van der Waals surface area contributed by atoms with Crippen molar-refractivity contribution in [3.05, 3.63) is 65.4 Å². The maximum absolute atomic E-state index is 13.1. The molecule has 1 aromatic carbocycles. The van der Waals surface area contributed by atoms with Gasteiger partial charge < -0.3 is 9.88 Å². The molecule has 2 aliphatic rings. The molecule has 1 amide bonds. The minimum absolute atomic E-state index is 0.219. The lowest BCUT2D eigenvalue weighted by Crippen LogP contribution is -2.66. The Morgan fingerprint density at radius 2 is 1.90 bits per heavy atom. The van der Waals surface area contributed by atoms with Crippen LogP contribution in [0.15, 0.2) is 43.1 Å². The third-order valence-electron chi connectivity index (χ3n) is 8.60. The number of H-pyrrole nitrogens is 1. The highest BCUT2D eigenvalue weighted by molar-refractivity contribution is 5.90. The number of rotatable bonds is 6. The van der Waals surface area contributed by atoms with Gasteiger partial charge >= 0.3 is 0 Å². The van der Waals surface area contributed by atoms with Crippen LogP contribution in [-0.4, -0.2) is 72.7 Å². The molecule has 0 unspecified atom stereocenters. The van der Waals surface area contributed by atoms with Crippen LogP contribution >= 0.6 is 0 Å². The Bertz CT molecular complexity index is 1540. The van der Waals surface area contributed by atoms with Gasteiger partial charge in [0.1, 0.15) is 17.5 Å². The second kappa shape index (κ2) is 9.93. The molecule has 1 N–H and O–H groups in total. The van der Waals surface area contributed by atoms with E-state index in [0.29, 0.717) is 18.9 Å². The highest BCUT2D eigenvalue weighted by Crippen LogP contribution is 2.37. The molecule has 200 valence electrons. The Morgan fingerprint density at radius 3 is 2.62 bits per heavy atom. The fourth-order valence-corrected chi connectivity index (χ4v) is 6.49. The van der Waals surface area contributed by atoms with Crippen LogP contribution in [0.4, 0.5) is 0 Å². The number of piperidine rings is 1. The molecule has 5 heterocycles. The lowest BCUT2D eigenvalue weighted by molar-refractivity contribution is -0.133. The normalized spacial score (nSPS) is 17.7. The summed E-state index contributed by atoms with van der Waals surface area (Å²) in [5, 5.41) is 15.3. The fourth-order valence-electron chi connectivity index (χ4n) is 6.49. The number of likely N-dealkylation sites (tertiary alicyclic amines) is 2. The van der Waals surface area contributed by atoms with E-state index in [-0.39, 0.29) is 11.4 Å². The van der Waals surface area contributed by atoms with Crippen molar-refractivity contribution in [2.45, 2.75) is 58.0 Å². The summed E-state index contributed by atoms with van der Waals surface area (Å²) in [5.74, 6) is 0.219. The van der Waals surface area contributed by atoms with Gasteiger partial charge in [-0.25, -0.2) is 9.97 Å². The van der Waals surface area contributed by atoms with Gasteiger partial charge in [0.2, 0.25) is 5.91 Å². The number of hydrogen-bond donors (Lipinski definition) is 1. The van der Waals surface area contributed by atoms with Crippen molar-refractivity contribution in [1.29, 1.82) is 5.26 Å². The van der Waals surface area contributed by atoms with Crippen molar-refractivity contribution in [2.75, 3.05) is 26.2 Å². The average molecular weight is 523 g/mol. The second-order valence-electron chi connectivity index (χ2n) is 11.3. The van der Waals surface area contributed by atoms with Gasteiger partial charge in [-0.05, 0) is 56.4 Å². The summed E-state index contributed by atoms with van der Waals surface area (Å²) in [6.07, 6.45) is 10.0. The van der Waals surface area contributed by atoms with Crippen LogP contribution in [0.25, 0.3) is 22.3 Å². The van der Waals surface area contributed by atoms with Gasteiger partial charge in [0.25, 0.3) is 0 Å². The summed E-state index contributed by atoms with van der Waals surface area (Å²) < 4.78 is 1.97. The van der Waals surface area contributed by atoms with Crippen molar-refractivity contribution < 1.29 is 4.79 Å². The second-order valence-corrected chi connectivity index (χ2v) is 11.3. The first-order valence-electron chi connectivity index (χ1n) is 13.7. The van der Waals surface area contributed by atoms with Gasteiger partial charge in [-0.2, -0.15) is 10.4 Å². The first-order chi connectivity index (χ1) is 18.9. The summed E-state index contributed by atoms with van der Waals surface area (Å²) in [6, 6.07) is 9.11. The number of aromatic nitrogens is 5. The number of nitrogens with zero attached hydrogens (tertiary/aromatic N) is 7. The average Bonchev–Trinajstić information content (AvgIpc) is 3.58. The van der Waals surface area contributed by atoms with Gasteiger partial charge in [-0.1, -0.05) is 17.7 Å². The largest absolute Gasteiger partial charge is 0.346 e. The van der Waals surface area contributed by atoms with E-state index in [0.717, 1.165) is 66.9 Å². The Kier molecular flexibility index (Phi) is 6.43. The molecule has 9 heteroatoms.